The van der Waals surface area contributed by atoms with Gasteiger partial charge in [-0.25, -0.2) is 14.5 Å². The van der Waals surface area contributed by atoms with Gasteiger partial charge in [-0.05, 0) is 37.1 Å². The third kappa shape index (κ3) is 4.76. The van der Waals surface area contributed by atoms with E-state index in [0.29, 0.717) is 19.7 Å². The van der Waals surface area contributed by atoms with Gasteiger partial charge in [0.1, 0.15) is 12.9 Å². The number of urea groups is 1. The van der Waals surface area contributed by atoms with Crippen molar-refractivity contribution in [3.63, 3.8) is 0 Å². The van der Waals surface area contributed by atoms with E-state index in [-0.39, 0.29) is 31.3 Å². The van der Waals surface area contributed by atoms with E-state index in [9.17, 15) is 19.5 Å². The molecule has 10 heteroatoms. The maximum Gasteiger partial charge on any atom is 0.408 e. The first-order valence-electron chi connectivity index (χ1n) is 11.5. The van der Waals surface area contributed by atoms with Crippen molar-refractivity contribution in [2.24, 2.45) is 0 Å². The van der Waals surface area contributed by atoms with Gasteiger partial charge in [-0.2, -0.15) is 0 Å². The average molecular weight is 473 g/mol. The number of ether oxygens (including phenoxy) is 1. The molecule has 1 aromatic carbocycles. The van der Waals surface area contributed by atoms with Gasteiger partial charge < -0.3 is 14.4 Å². The summed E-state index contributed by atoms with van der Waals surface area (Å²) in [5, 5.41) is 10.4. The number of carbonyl (C=O) groups is 3. The molecule has 178 valence electrons. The van der Waals surface area contributed by atoms with Gasteiger partial charge in [0.2, 0.25) is 5.91 Å². The summed E-state index contributed by atoms with van der Waals surface area (Å²) in [5.74, 6) is -0.225. The maximum absolute atomic E-state index is 13.2. The molecule has 3 heterocycles. The number of carbonyl (C=O) groups excluding carboxylic acids is 2. The summed E-state index contributed by atoms with van der Waals surface area (Å²) in [4.78, 5) is 41.6. The van der Waals surface area contributed by atoms with E-state index in [4.69, 9.17) is 4.74 Å². The van der Waals surface area contributed by atoms with E-state index in [1.54, 1.807) is 4.90 Å². The molecular weight excluding hydrogens is 440 g/mol. The van der Waals surface area contributed by atoms with Crippen LogP contribution in [0.5, 0.6) is 0 Å². The highest BCUT2D eigenvalue weighted by atomic mass is 28.3. The van der Waals surface area contributed by atoms with E-state index >= 15 is 0 Å². The van der Waals surface area contributed by atoms with Crippen LogP contribution >= 0.6 is 0 Å². The Bertz CT molecular complexity index is 1060. The first-order valence-corrected chi connectivity index (χ1v) is 15.2. The van der Waals surface area contributed by atoms with E-state index in [1.807, 2.05) is 35.0 Å². The Morgan fingerprint density at radius 3 is 2.70 bits per heavy atom. The Hall–Kier alpha value is -2.85. The zero-order chi connectivity index (χ0) is 23.8. The molecule has 1 aromatic heterocycles. The quantitative estimate of drug-likeness (QED) is 0.476. The van der Waals surface area contributed by atoms with Crippen LogP contribution in [0.2, 0.25) is 25.7 Å². The molecule has 2 aliphatic heterocycles. The molecule has 0 saturated carbocycles. The van der Waals surface area contributed by atoms with E-state index in [1.165, 1.54) is 9.80 Å². The minimum absolute atomic E-state index is 0.0364. The van der Waals surface area contributed by atoms with E-state index in [0.717, 1.165) is 35.5 Å². The number of anilines is 1. The fourth-order valence-electron chi connectivity index (χ4n) is 4.50. The highest BCUT2D eigenvalue weighted by Gasteiger charge is 2.35. The molecule has 4 amide bonds. The Balaban J connectivity index is 1.56. The average Bonchev–Trinajstić information content (AvgIpc) is 3.39. The number of rotatable bonds is 7. The molecule has 4 rings (SSSR count). The van der Waals surface area contributed by atoms with Gasteiger partial charge in [-0.3, -0.25) is 14.6 Å². The molecule has 2 fully saturated rings. The first-order chi connectivity index (χ1) is 15.7. The first kappa shape index (κ1) is 23.3. The van der Waals surface area contributed by atoms with Gasteiger partial charge in [-0.1, -0.05) is 25.7 Å². The molecule has 2 saturated heterocycles. The lowest BCUT2D eigenvalue weighted by molar-refractivity contribution is -0.133. The van der Waals surface area contributed by atoms with Crippen molar-refractivity contribution in [2.75, 3.05) is 31.3 Å². The molecule has 0 bridgehead atoms. The molecule has 0 radical (unpaired) electrons. The molecule has 1 atom stereocenters. The van der Waals surface area contributed by atoms with Gasteiger partial charge in [0.05, 0.1) is 11.2 Å². The summed E-state index contributed by atoms with van der Waals surface area (Å²) in [7, 11) is -1.26. The van der Waals surface area contributed by atoms with Crippen LogP contribution in [-0.2, 0) is 9.53 Å². The molecule has 9 nitrogen and oxygen atoms in total. The number of likely N-dealkylation sites (tertiary alicyclic amines) is 1. The number of nitrogens with zero attached hydrogens (tertiary/aromatic N) is 4. The normalized spacial score (nSPS) is 19.7. The summed E-state index contributed by atoms with van der Waals surface area (Å²) in [6, 6.07) is 8.18. The van der Waals surface area contributed by atoms with Crippen LogP contribution in [-0.4, -0.2) is 72.0 Å². The molecule has 33 heavy (non-hydrogen) atoms. The predicted octanol–water partition coefficient (Wildman–Crippen LogP) is 4.38. The lowest BCUT2D eigenvalue weighted by Gasteiger charge is -2.34. The third-order valence-corrected chi connectivity index (χ3v) is 8.05. The third-order valence-electron chi connectivity index (χ3n) is 6.35. The van der Waals surface area contributed by atoms with Gasteiger partial charge in [0.25, 0.3) is 0 Å². The van der Waals surface area contributed by atoms with Crippen molar-refractivity contribution in [1.29, 1.82) is 0 Å². The van der Waals surface area contributed by atoms with Gasteiger partial charge in [0, 0.05) is 45.8 Å². The SMILES string of the molecule is C[Si](C)(C)CCOCN1C(=O)CCN(c2cccc3c2ccn3C2CCCN2C(=O)O)C1=O. The smallest absolute Gasteiger partial charge is 0.408 e. The lowest BCUT2D eigenvalue weighted by Crippen LogP contribution is -2.53. The van der Waals surface area contributed by atoms with Crippen molar-refractivity contribution >= 4 is 42.7 Å². The lowest BCUT2D eigenvalue weighted by atomic mass is 10.1. The van der Waals surface area contributed by atoms with Crippen molar-refractivity contribution in [3.05, 3.63) is 30.5 Å². The maximum atomic E-state index is 13.2. The Morgan fingerprint density at radius 1 is 1.18 bits per heavy atom. The van der Waals surface area contributed by atoms with Crippen LogP contribution < -0.4 is 4.90 Å². The summed E-state index contributed by atoms with van der Waals surface area (Å²) < 4.78 is 7.66. The van der Waals surface area contributed by atoms with Crippen LogP contribution in [0.1, 0.15) is 25.4 Å². The molecule has 2 aromatic rings. The molecule has 1 unspecified atom stereocenters. The fraction of sp³-hybridized carbons (Fsp3) is 0.522. The van der Waals surface area contributed by atoms with Gasteiger partial charge >= 0.3 is 12.1 Å². The van der Waals surface area contributed by atoms with Crippen molar-refractivity contribution in [3.8, 4) is 0 Å². The summed E-state index contributed by atoms with van der Waals surface area (Å²) in [5.41, 5.74) is 1.59. The zero-order valence-corrected chi connectivity index (χ0v) is 20.5. The topological polar surface area (TPSA) is 95.3 Å². The highest BCUT2D eigenvalue weighted by Crippen LogP contribution is 2.35. The largest absolute Gasteiger partial charge is 0.465 e. The standard InChI is InChI=1S/C23H32N4O5Si/c1-33(2,3)15-14-32-16-27-21(28)10-13-25(22(27)29)19-7-4-6-18-17(19)9-12-24(18)20-8-5-11-26(20)23(30)31/h4,6-7,9,12,20H,5,8,10-11,13-16H2,1-3H3,(H,30,31). The second-order valence-electron chi connectivity index (χ2n) is 9.89. The summed E-state index contributed by atoms with van der Waals surface area (Å²) in [6.45, 7) is 8.07. The number of aromatic nitrogens is 1. The van der Waals surface area contributed by atoms with E-state index < -0.39 is 14.2 Å². The van der Waals surface area contributed by atoms with Crippen molar-refractivity contribution < 1.29 is 24.2 Å². The fourth-order valence-corrected chi connectivity index (χ4v) is 5.26. The Morgan fingerprint density at radius 2 is 1.97 bits per heavy atom. The van der Waals surface area contributed by atoms with Crippen LogP contribution in [0.4, 0.5) is 15.3 Å². The van der Waals surface area contributed by atoms with Crippen LogP contribution in [0.15, 0.2) is 30.5 Å². The monoisotopic (exact) mass is 472 g/mol. The number of fused-ring (bicyclic) bond motifs is 1. The molecule has 1 N–H and O–H groups in total. The highest BCUT2D eigenvalue weighted by molar-refractivity contribution is 6.76. The molecule has 0 aliphatic carbocycles. The van der Waals surface area contributed by atoms with Gasteiger partial charge in [-0.15, -0.1) is 0 Å². The number of carboxylic acid groups (broad SMARTS) is 1. The predicted molar refractivity (Wildman–Crippen MR) is 128 cm³/mol. The number of benzene rings is 1. The summed E-state index contributed by atoms with van der Waals surface area (Å²) in [6.07, 6.45) is 2.50. The number of hydrogen-bond donors (Lipinski definition) is 1. The number of imide groups is 1. The second-order valence-corrected chi connectivity index (χ2v) is 15.5. The van der Waals surface area contributed by atoms with Crippen molar-refractivity contribution in [1.82, 2.24) is 14.4 Å². The number of amides is 4. The van der Waals surface area contributed by atoms with E-state index in [2.05, 4.69) is 19.6 Å². The molecule has 2 aliphatic rings. The molecular formula is C23H32N4O5Si. The summed E-state index contributed by atoms with van der Waals surface area (Å²) >= 11 is 0. The van der Waals surface area contributed by atoms with Crippen molar-refractivity contribution in [2.45, 2.75) is 51.1 Å². The van der Waals surface area contributed by atoms with Gasteiger partial charge in [0.15, 0.2) is 0 Å². The Labute approximate surface area is 194 Å². The van der Waals surface area contributed by atoms with Crippen LogP contribution in [0.25, 0.3) is 10.9 Å². The molecule has 0 spiro atoms. The zero-order valence-electron chi connectivity index (χ0n) is 19.5. The minimum atomic E-state index is -1.26. The second kappa shape index (κ2) is 9.18. The number of hydrogen-bond acceptors (Lipinski definition) is 4. The Kier molecular flexibility index (Phi) is 6.49. The van der Waals surface area contributed by atoms with Crippen LogP contribution in [0.3, 0.4) is 0 Å². The minimum Gasteiger partial charge on any atom is -0.465 e. The van der Waals surface area contributed by atoms with Crippen LogP contribution in [0, 0.1) is 0 Å².